The number of nitrogens with zero attached hydrogens (tertiary/aromatic N) is 1. The van der Waals surface area contributed by atoms with Crippen molar-refractivity contribution < 1.29 is 22.8 Å². The lowest BCUT2D eigenvalue weighted by Gasteiger charge is -2.36. The predicted octanol–water partition coefficient (Wildman–Crippen LogP) is 0.160. The maximum atomic E-state index is 12.2. The number of nitrogens with one attached hydrogen (secondary N) is 1. The second-order valence-electron chi connectivity index (χ2n) is 5.97. The van der Waals surface area contributed by atoms with Gasteiger partial charge in [0.25, 0.3) is 0 Å². The van der Waals surface area contributed by atoms with Crippen molar-refractivity contribution in [2.45, 2.75) is 32.4 Å². The van der Waals surface area contributed by atoms with Gasteiger partial charge in [-0.2, -0.15) is 0 Å². The van der Waals surface area contributed by atoms with Crippen molar-refractivity contribution in [1.29, 1.82) is 0 Å². The van der Waals surface area contributed by atoms with Gasteiger partial charge in [0.1, 0.15) is 5.92 Å². The van der Waals surface area contributed by atoms with Crippen LogP contribution in [0, 0.1) is 11.8 Å². The molecule has 0 aromatic rings. The average Bonchev–Trinajstić information content (AvgIpc) is 2.21. The van der Waals surface area contributed by atoms with Gasteiger partial charge in [0.05, 0.1) is 4.75 Å². The number of hydrogen-bond acceptors (Lipinski definition) is 5. The molecule has 1 heterocycles. The fourth-order valence-corrected chi connectivity index (χ4v) is 2.23. The number of imide groups is 2. The summed E-state index contributed by atoms with van der Waals surface area (Å²) < 4.78 is 22.1. The van der Waals surface area contributed by atoms with Crippen molar-refractivity contribution in [3.63, 3.8) is 0 Å². The van der Waals surface area contributed by atoms with Crippen molar-refractivity contribution in [3.05, 3.63) is 0 Å². The minimum Gasteiger partial charge on any atom is -0.277 e. The van der Waals surface area contributed by atoms with Crippen LogP contribution in [-0.4, -0.2) is 48.7 Å². The summed E-state index contributed by atoms with van der Waals surface area (Å²) in [6.07, 6.45) is 1.05. The molecule has 20 heavy (non-hydrogen) atoms. The van der Waals surface area contributed by atoms with Crippen molar-refractivity contribution in [2.75, 3.05) is 12.8 Å². The van der Waals surface area contributed by atoms with Gasteiger partial charge in [0, 0.05) is 12.8 Å². The number of carbonyl (C=O) groups excluding carboxylic acids is 3. The van der Waals surface area contributed by atoms with E-state index in [0.717, 1.165) is 11.2 Å². The monoisotopic (exact) mass is 304 g/mol. The maximum absolute atomic E-state index is 12.2. The lowest BCUT2D eigenvalue weighted by Crippen LogP contribution is -2.62. The van der Waals surface area contributed by atoms with Gasteiger partial charge < -0.3 is 0 Å². The normalized spacial score (nSPS) is 21.4. The number of sulfone groups is 1. The Morgan fingerprint density at radius 3 is 2.15 bits per heavy atom. The molecular formula is C12H20N2O5S. The van der Waals surface area contributed by atoms with E-state index in [-0.39, 0.29) is 12.5 Å². The van der Waals surface area contributed by atoms with E-state index >= 15 is 0 Å². The van der Waals surface area contributed by atoms with Crippen LogP contribution in [0.25, 0.3) is 0 Å². The third-order valence-electron chi connectivity index (χ3n) is 3.50. The second kappa shape index (κ2) is 5.16. The Morgan fingerprint density at radius 1 is 1.25 bits per heavy atom. The van der Waals surface area contributed by atoms with E-state index in [1.54, 1.807) is 13.8 Å². The first-order chi connectivity index (χ1) is 8.88. The Morgan fingerprint density at radius 2 is 1.75 bits per heavy atom. The quantitative estimate of drug-likeness (QED) is 0.746. The third kappa shape index (κ3) is 3.00. The third-order valence-corrected chi connectivity index (χ3v) is 5.64. The molecule has 1 atom stereocenters. The summed E-state index contributed by atoms with van der Waals surface area (Å²) in [6.45, 7) is 5.97. The van der Waals surface area contributed by atoms with E-state index < -0.39 is 38.3 Å². The molecule has 0 radical (unpaired) electrons. The summed E-state index contributed by atoms with van der Waals surface area (Å²) in [7, 11) is -3.46. The van der Waals surface area contributed by atoms with E-state index in [9.17, 15) is 22.8 Å². The highest BCUT2D eigenvalue weighted by atomic mass is 32.2. The molecule has 1 unspecified atom stereocenters. The molecule has 1 N–H and O–H groups in total. The largest absolute Gasteiger partial charge is 0.330 e. The molecule has 1 rings (SSSR count). The molecule has 114 valence electrons. The highest BCUT2D eigenvalue weighted by Gasteiger charge is 2.45. The first-order valence-electron chi connectivity index (χ1n) is 6.24. The molecule has 0 aromatic heterocycles. The molecule has 1 aliphatic rings. The van der Waals surface area contributed by atoms with E-state index in [1.807, 2.05) is 0 Å². The zero-order chi connectivity index (χ0) is 15.9. The first kappa shape index (κ1) is 16.6. The molecule has 1 aliphatic heterocycles. The van der Waals surface area contributed by atoms with Gasteiger partial charge >= 0.3 is 6.03 Å². The summed E-state index contributed by atoms with van der Waals surface area (Å²) in [5.41, 5.74) is 0. The number of rotatable bonds is 4. The van der Waals surface area contributed by atoms with Gasteiger partial charge in [-0.05, 0) is 19.8 Å². The number of amides is 4. The van der Waals surface area contributed by atoms with Gasteiger partial charge in [-0.1, -0.05) is 13.8 Å². The summed E-state index contributed by atoms with van der Waals surface area (Å²) in [5, 5.41) is 2.10. The van der Waals surface area contributed by atoms with Crippen molar-refractivity contribution in [2.24, 2.45) is 11.8 Å². The average molecular weight is 304 g/mol. The molecule has 1 saturated heterocycles. The molecule has 7 nitrogen and oxygen atoms in total. The Balaban J connectivity index is 3.09. The van der Waals surface area contributed by atoms with Crippen molar-refractivity contribution in [3.8, 4) is 0 Å². The smallest absolute Gasteiger partial charge is 0.277 e. The SMILES string of the molecule is CC(C)C1C(=O)NC(=O)N(CC(C)(C)S(C)(=O)=O)C1=O. The predicted molar refractivity (Wildman–Crippen MR) is 72.5 cm³/mol. The number of carbonyl (C=O) groups is 3. The van der Waals surface area contributed by atoms with Crippen LogP contribution in [0.4, 0.5) is 4.79 Å². The number of barbiturate groups is 1. The highest BCUT2D eigenvalue weighted by Crippen LogP contribution is 2.23. The highest BCUT2D eigenvalue weighted by molar-refractivity contribution is 7.92. The number of urea groups is 1. The summed E-state index contributed by atoms with van der Waals surface area (Å²) >= 11 is 0. The zero-order valence-electron chi connectivity index (χ0n) is 12.3. The maximum Gasteiger partial charge on any atom is 0.330 e. The fraction of sp³-hybridized carbons (Fsp3) is 0.750. The van der Waals surface area contributed by atoms with Gasteiger partial charge in [-0.15, -0.1) is 0 Å². The van der Waals surface area contributed by atoms with E-state index in [0.29, 0.717) is 0 Å². The van der Waals surface area contributed by atoms with Gasteiger partial charge in [0.15, 0.2) is 9.84 Å². The minimum absolute atomic E-state index is 0.278. The Labute approximate surface area is 118 Å². The van der Waals surface area contributed by atoms with Crippen LogP contribution < -0.4 is 5.32 Å². The van der Waals surface area contributed by atoms with Crippen LogP contribution in [0.2, 0.25) is 0 Å². The minimum atomic E-state index is -3.46. The lowest BCUT2D eigenvalue weighted by molar-refractivity contribution is -0.144. The molecule has 0 aliphatic carbocycles. The molecule has 4 amide bonds. The second-order valence-corrected chi connectivity index (χ2v) is 8.62. The molecule has 8 heteroatoms. The number of hydrogen-bond donors (Lipinski definition) is 1. The summed E-state index contributed by atoms with van der Waals surface area (Å²) in [5.74, 6) is -2.53. The van der Waals surface area contributed by atoms with Crippen molar-refractivity contribution >= 4 is 27.7 Å². The van der Waals surface area contributed by atoms with Crippen LogP contribution in [0.5, 0.6) is 0 Å². The fourth-order valence-electron chi connectivity index (χ4n) is 1.87. The summed E-state index contributed by atoms with van der Waals surface area (Å²) in [4.78, 5) is 36.5. The van der Waals surface area contributed by atoms with E-state index in [4.69, 9.17) is 0 Å². The Hall–Kier alpha value is -1.44. The summed E-state index contributed by atoms with van der Waals surface area (Å²) in [6, 6.07) is -0.867. The molecule has 0 saturated carbocycles. The van der Waals surface area contributed by atoms with E-state index in [1.165, 1.54) is 13.8 Å². The zero-order valence-corrected chi connectivity index (χ0v) is 13.1. The van der Waals surface area contributed by atoms with Crippen LogP contribution in [0.1, 0.15) is 27.7 Å². The standard InChI is InChI=1S/C12H20N2O5S/c1-7(2)8-9(15)13-11(17)14(10(8)16)6-12(3,4)20(5,18)19/h7-8H,6H2,1-5H3,(H,13,15,17). The van der Waals surface area contributed by atoms with Gasteiger partial charge in [-0.3, -0.25) is 19.8 Å². The van der Waals surface area contributed by atoms with Crippen LogP contribution in [0.15, 0.2) is 0 Å². The van der Waals surface area contributed by atoms with Crippen molar-refractivity contribution in [1.82, 2.24) is 10.2 Å². The topological polar surface area (TPSA) is 101 Å². The van der Waals surface area contributed by atoms with Crippen LogP contribution >= 0.6 is 0 Å². The van der Waals surface area contributed by atoms with Crippen LogP contribution in [-0.2, 0) is 19.4 Å². The van der Waals surface area contributed by atoms with Gasteiger partial charge in [-0.25, -0.2) is 13.2 Å². The molecule has 1 fully saturated rings. The molecule has 0 bridgehead atoms. The Kier molecular flexibility index (Phi) is 4.28. The Bertz CT molecular complexity index is 550. The van der Waals surface area contributed by atoms with Crippen LogP contribution in [0.3, 0.4) is 0 Å². The lowest BCUT2D eigenvalue weighted by atomic mass is 9.91. The first-order valence-corrected chi connectivity index (χ1v) is 8.13. The van der Waals surface area contributed by atoms with E-state index in [2.05, 4.69) is 5.32 Å². The molecule has 0 aromatic carbocycles. The molecular weight excluding hydrogens is 284 g/mol. The molecule has 0 spiro atoms. The van der Waals surface area contributed by atoms with Gasteiger partial charge in [0.2, 0.25) is 11.8 Å².